The van der Waals surface area contributed by atoms with Crippen LogP contribution in [0, 0.1) is 11.3 Å². The number of carbonyl (C=O) groups is 1. The number of anilines is 1. The van der Waals surface area contributed by atoms with Crippen molar-refractivity contribution in [1.29, 1.82) is 5.26 Å². The summed E-state index contributed by atoms with van der Waals surface area (Å²) < 4.78 is 31.2. The first-order valence-corrected chi connectivity index (χ1v) is 6.17. The molecule has 1 fully saturated rings. The third kappa shape index (κ3) is 4.92. The van der Waals surface area contributed by atoms with Crippen LogP contribution >= 0.6 is 0 Å². The minimum absolute atomic E-state index is 0.615. The van der Waals surface area contributed by atoms with E-state index in [1.165, 1.54) is 18.5 Å². The van der Waals surface area contributed by atoms with Crippen LogP contribution in [0.15, 0.2) is 24.3 Å². The van der Waals surface area contributed by atoms with E-state index >= 15 is 0 Å². The van der Waals surface area contributed by atoms with Gasteiger partial charge in [-0.25, -0.2) is 0 Å². The molecule has 1 aliphatic heterocycles. The van der Waals surface area contributed by atoms with Gasteiger partial charge in [0, 0.05) is 18.3 Å². The Bertz CT molecular complexity index is 494. The fourth-order valence-corrected chi connectivity index (χ4v) is 2.07. The minimum atomic E-state index is -4.64. The molecule has 0 spiro atoms. The molecule has 0 amide bonds. The summed E-state index contributed by atoms with van der Waals surface area (Å²) in [6.07, 6.45) is -3.18. The van der Waals surface area contributed by atoms with Crippen LogP contribution in [0.1, 0.15) is 25.3 Å². The molecule has 20 heavy (non-hydrogen) atoms. The second-order valence-electron chi connectivity index (χ2n) is 4.51. The Morgan fingerprint density at radius 3 is 2.55 bits per heavy atom. The molecule has 0 radical (unpaired) electrons. The van der Waals surface area contributed by atoms with Crippen LogP contribution in [0.2, 0.25) is 0 Å². The SMILES string of the molecule is C[C@@H]1CCCN1c1cccc(C#N)c1.O=CC(F)(F)F. The van der Waals surface area contributed by atoms with Gasteiger partial charge < -0.3 is 4.90 Å². The van der Waals surface area contributed by atoms with E-state index in [1.54, 1.807) is 0 Å². The van der Waals surface area contributed by atoms with Gasteiger partial charge in [-0.3, -0.25) is 4.79 Å². The summed E-state index contributed by atoms with van der Waals surface area (Å²) in [5, 5.41) is 8.80. The average molecular weight is 284 g/mol. The highest BCUT2D eigenvalue weighted by Crippen LogP contribution is 2.25. The van der Waals surface area contributed by atoms with Crippen molar-refractivity contribution in [2.45, 2.75) is 32.0 Å². The van der Waals surface area contributed by atoms with Crippen molar-refractivity contribution in [3.8, 4) is 6.07 Å². The molecule has 1 heterocycles. The van der Waals surface area contributed by atoms with Gasteiger partial charge in [-0.1, -0.05) is 6.07 Å². The number of aldehydes is 1. The van der Waals surface area contributed by atoms with Crippen LogP contribution in [0.25, 0.3) is 0 Å². The number of rotatable bonds is 1. The molecule has 0 aromatic heterocycles. The summed E-state index contributed by atoms with van der Waals surface area (Å²) >= 11 is 0. The maximum atomic E-state index is 10.4. The number of halogens is 3. The maximum Gasteiger partial charge on any atom is 0.446 e. The molecular weight excluding hydrogens is 269 g/mol. The first kappa shape index (κ1) is 16.0. The van der Waals surface area contributed by atoms with E-state index < -0.39 is 12.5 Å². The zero-order valence-electron chi connectivity index (χ0n) is 11.0. The molecule has 1 atom stereocenters. The second kappa shape index (κ2) is 6.94. The summed E-state index contributed by atoms with van der Waals surface area (Å²) in [5.41, 5.74) is 1.94. The van der Waals surface area contributed by atoms with Crippen LogP contribution in [-0.2, 0) is 4.79 Å². The van der Waals surface area contributed by atoms with Crippen LogP contribution in [0.4, 0.5) is 18.9 Å². The molecule has 6 heteroatoms. The van der Waals surface area contributed by atoms with E-state index in [-0.39, 0.29) is 0 Å². The average Bonchev–Trinajstić information content (AvgIpc) is 2.85. The zero-order chi connectivity index (χ0) is 15.2. The topological polar surface area (TPSA) is 44.1 Å². The van der Waals surface area contributed by atoms with Gasteiger partial charge in [-0.2, -0.15) is 18.4 Å². The predicted octanol–water partition coefficient (Wildman–Crippen LogP) is 3.29. The molecule has 1 saturated heterocycles. The fraction of sp³-hybridized carbons (Fsp3) is 0.429. The summed E-state index contributed by atoms with van der Waals surface area (Å²) in [6, 6.07) is 10.7. The Kier molecular flexibility index (Phi) is 5.56. The minimum Gasteiger partial charge on any atom is -0.369 e. The predicted molar refractivity (Wildman–Crippen MR) is 69.3 cm³/mol. The highest BCUT2D eigenvalue weighted by Gasteiger charge is 2.24. The van der Waals surface area contributed by atoms with E-state index in [2.05, 4.69) is 24.0 Å². The summed E-state index contributed by atoms with van der Waals surface area (Å²) in [5.74, 6) is 0. The van der Waals surface area contributed by atoms with Crippen molar-refractivity contribution in [3.63, 3.8) is 0 Å². The van der Waals surface area contributed by atoms with Crippen LogP contribution in [0.5, 0.6) is 0 Å². The van der Waals surface area contributed by atoms with Gasteiger partial charge in [0.1, 0.15) is 0 Å². The molecule has 3 nitrogen and oxygen atoms in total. The largest absolute Gasteiger partial charge is 0.446 e. The summed E-state index contributed by atoms with van der Waals surface area (Å²) in [7, 11) is 0. The van der Waals surface area contributed by atoms with E-state index in [4.69, 9.17) is 10.1 Å². The molecule has 1 aromatic carbocycles. The Morgan fingerprint density at radius 1 is 1.45 bits per heavy atom. The van der Waals surface area contributed by atoms with Crippen LogP contribution in [-0.4, -0.2) is 25.0 Å². The van der Waals surface area contributed by atoms with Crippen molar-refractivity contribution in [2.24, 2.45) is 0 Å². The normalized spacial score (nSPS) is 17.9. The highest BCUT2D eigenvalue weighted by atomic mass is 19.4. The number of alkyl halides is 3. The lowest BCUT2D eigenvalue weighted by Gasteiger charge is -2.23. The van der Waals surface area contributed by atoms with Crippen molar-refractivity contribution in [1.82, 2.24) is 0 Å². The molecule has 2 rings (SSSR count). The molecule has 1 aliphatic rings. The number of nitriles is 1. The fourth-order valence-electron chi connectivity index (χ4n) is 2.07. The standard InChI is InChI=1S/C12H14N2.C2HF3O/c1-10-4-3-7-14(10)12-6-2-5-11(8-12)9-13;3-2(4,5)1-6/h2,5-6,8,10H,3-4,7H2,1H3;1H/t10-;/m1./s1. The zero-order valence-corrected chi connectivity index (χ0v) is 11.0. The Balaban J connectivity index is 0.000000286. The molecule has 0 bridgehead atoms. The summed E-state index contributed by atoms with van der Waals surface area (Å²) in [4.78, 5) is 11.1. The highest BCUT2D eigenvalue weighted by molar-refractivity contribution is 5.56. The second-order valence-corrected chi connectivity index (χ2v) is 4.51. The molecule has 0 unspecified atom stereocenters. The van der Waals surface area contributed by atoms with E-state index in [9.17, 15) is 13.2 Å². The third-order valence-corrected chi connectivity index (χ3v) is 2.99. The number of nitrogens with zero attached hydrogens (tertiary/aromatic N) is 2. The molecule has 0 saturated carbocycles. The van der Waals surface area contributed by atoms with Crippen molar-refractivity contribution in [2.75, 3.05) is 11.4 Å². The lowest BCUT2D eigenvalue weighted by atomic mass is 10.2. The van der Waals surface area contributed by atoms with Crippen LogP contribution in [0.3, 0.4) is 0 Å². The van der Waals surface area contributed by atoms with Gasteiger partial charge >= 0.3 is 6.18 Å². The smallest absolute Gasteiger partial charge is 0.369 e. The monoisotopic (exact) mass is 284 g/mol. The molecule has 108 valence electrons. The maximum absolute atomic E-state index is 10.4. The van der Waals surface area contributed by atoms with Gasteiger partial charge in [-0.15, -0.1) is 0 Å². The molecule has 0 N–H and O–H groups in total. The Hall–Kier alpha value is -2.03. The van der Waals surface area contributed by atoms with Gasteiger partial charge in [-0.05, 0) is 38.0 Å². The van der Waals surface area contributed by atoms with Gasteiger partial charge in [0.25, 0.3) is 0 Å². The van der Waals surface area contributed by atoms with E-state index in [1.807, 2.05) is 18.2 Å². The number of hydrogen-bond acceptors (Lipinski definition) is 3. The van der Waals surface area contributed by atoms with Crippen LogP contribution < -0.4 is 4.90 Å². The van der Waals surface area contributed by atoms with Crippen molar-refractivity contribution in [3.05, 3.63) is 29.8 Å². The number of benzene rings is 1. The molecular formula is C14H15F3N2O. The Morgan fingerprint density at radius 2 is 2.10 bits per heavy atom. The first-order valence-electron chi connectivity index (χ1n) is 6.17. The third-order valence-electron chi connectivity index (χ3n) is 2.99. The van der Waals surface area contributed by atoms with Crippen molar-refractivity contribution < 1.29 is 18.0 Å². The number of carbonyl (C=O) groups excluding carboxylic acids is 1. The first-order chi connectivity index (χ1) is 9.37. The van der Waals surface area contributed by atoms with Crippen molar-refractivity contribution >= 4 is 12.0 Å². The van der Waals surface area contributed by atoms with Gasteiger partial charge in [0.2, 0.25) is 6.29 Å². The number of hydrogen-bond donors (Lipinski definition) is 0. The molecule has 0 aliphatic carbocycles. The van der Waals surface area contributed by atoms with Gasteiger partial charge in [0.05, 0.1) is 11.6 Å². The lowest BCUT2D eigenvalue weighted by Crippen LogP contribution is -2.26. The quantitative estimate of drug-likeness (QED) is 0.743. The van der Waals surface area contributed by atoms with Gasteiger partial charge in [0.15, 0.2) is 0 Å². The lowest BCUT2D eigenvalue weighted by molar-refractivity contribution is -0.156. The summed E-state index contributed by atoms with van der Waals surface area (Å²) in [6.45, 7) is 3.36. The van der Waals surface area contributed by atoms with E-state index in [0.29, 0.717) is 6.04 Å². The Labute approximate surface area is 115 Å². The molecule has 1 aromatic rings. The van der Waals surface area contributed by atoms with E-state index in [0.717, 1.165) is 12.1 Å².